The summed E-state index contributed by atoms with van der Waals surface area (Å²) in [4.78, 5) is 13.1. The first-order chi connectivity index (χ1) is 9.66. The normalized spacial score (nSPS) is 10.7. The van der Waals surface area contributed by atoms with Crippen LogP contribution in [0, 0.1) is 0 Å². The van der Waals surface area contributed by atoms with Crippen molar-refractivity contribution in [2.75, 3.05) is 5.73 Å². The Bertz CT molecular complexity index is 752. The van der Waals surface area contributed by atoms with Gasteiger partial charge in [-0.15, -0.1) is 0 Å². The van der Waals surface area contributed by atoms with Crippen molar-refractivity contribution in [3.63, 3.8) is 0 Å². The van der Waals surface area contributed by atoms with Crippen LogP contribution in [0.15, 0.2) is 47.2 Å². The lowest BCUT2D eigenvalue weighted by Gasteiger charge is -2.09. The molecule has 0 spiro atoms. The van der Waals surface area contributed by atoms with Crippen LogP contribution in [-0.2, 0) is 7.05 Å². The summed E-state index contributed by atoms with van der Waals surface area (Å²) in [6.07, 6.45) is 3.55. The predicted octanol–water partition coefficient (Wildman–Crippen LogP) is 2.89. The Balaban J connectivity index is 2.21. The summed E-state index contributed by atoms with van der Waals surface area (Å²) < 4.78 is 2.55. The lowest BCUT2D eigenvalue weighted by Crippen LogP contribution is -2.03. The number of aromatic nitrogens is 4. The molecule has 3 rings (SSSR count). The van der Waals surface area contributed by atoms with Gasteiger partial charge in [0.1, 0.15) is 5.82 Å². The molecule has 0 aliphatic carbocycles. The highest BCUT2D eigenvalue weighted by Gasteiger charge is 2.15. The van der Waals surface area contributed by atoms with E-state index in [1.54, 1.807) is 6.20 Å². The highest BCUT2D eigenvalue weighted by molar-refractivity contribution is 9.10. The van der Waals surface area contributed by atoms with Gasteiger partial charge in [0.2, 0.25) is 0 Å². The second kappa shape index (κ2) is 5.05. The monoisotopic (exact) mass is 329 g/mol. The van der Waals surface area contributed by atoms with Crippen molar-refractivity contribution in [2.45, 2.75) is 0 Å². The lowest BCUT2D eigenvalue weighted by atomic mass is 10.1. The van der Waals surface area contributed by atoms with Crippen LogP contribution in [0.3, 0.4) is 0 Å². The van der Waals surface area contributed by atoms with Crippen molar-refractivity contribution < 1.29 is 0 Å². The molecular formula is C14H12BrN5. The Morgan fingerprint density at radius 3 is 2.55 bits per heavy atom. The zero-order valence-electron chi connectivity index (χ0n) is 10.8. The van der Waals surface area contributed by atoms with E-state index in [9.17, 15) is 0 Å². The number of nitrogens with zero attached hydrogens (tertiary/aromatic N) is 4. The van der Waals surface area contributed by atoms with Crippen LogP contribution in [0.2, 0.25) is 0 Å². The van der Waals surface area contributed by atoms with Gasteiger partial charge in [0.15, 0.2) is 11.6 Å². The zero-order valence-corrected chi connectivity index (χ0v) is 12.4. The number of benzene rings is 1. The van der Waals surface area contributed by atoms with E-state index in [2.05, 4.69) is 30.9 Å². The first-order valence-corrected chi connectivity index (χ1v) is 6.82. The molecule has 0 bridgehead atoms. The molecule has 0 aliphatic heterocycles. The van der Waals surface area contributed by atoms with E-state index in [-0.39, 0.29) is 0 Å². The van der Waals surface area contributed by atoms with Gasteiger partial charge < -0.3 is 10.3 Å². The van der Waals surface area contributed by atoms with Crippen LogP contribution >= 0.6 is 15.9 Å². The number of nitrogen functional groups attached to an aromatic ring is 1. The molecule has 0 fully saturated rings. The second-order valence-corrected chi connectivity index (χ2v) is 5.12. The van der Waals surface area contributed by atoms with Crippen LogP contribution in [0.1, 0.15) is 0 Å². The smallest absolute Gasteiger partial charge is 0.198 e. The average molecular weight is 330 g/mol. The Morgan fingerprint density at radius 2 is 1.90 bits per heavy atom. The summed E-state index contributed by atoms with van der Waals surface area (Å²) in [6, 6.07) is 9.84. The molecule has 0 saturated carbocycles. The minimum atomic E-state index is 0.400. The summed E-state index contributed by atoms with van der Waals surface area (Å²) in [5.41, 5.74) is 7.72. The minimum absolute atomic E-state index is 0.400. The highest BCUT2D eigenvalue weighted by Crippen LogP contribution is 2.31. The fourth-order valence-electron chi connectivity index (χ4n) is 1.93. The third-order valence-corrected chi connectivity index (χ3v) is 3.73. The van der Waals surface area contributed by atoms with Crippen molar-refractivity contribution in [1.29, 1.82) is 0 Å². The Morgan fingerprint density at radius 1 is 1.15 bits per heavy atom. The number of anilines is 1. The lowest BCUT2D eigenvalue weighted by molar-refractivity contribution is 0.907. The number of nitrogens with two attached hydrogens (primary N) is 1. The second-order valence-electron chi connectivity index (χ2n) is 4.32. The van der Waals surface area contributed by atoms with Gasteiger partial charge in [0.25, 0.3) is 0 Å². The Hall–Kier alpha value is -2.21. The Kier molecular flexibility index (Phi) is 3.23. The van der Waals surface area contributed by atoms with Gasteiger partial charge in [-0.25, -0.2) is 15.0 Å². The molecule has 100 valence electrons. The molecule has 5 nitrogen and oxygen atoms in total. The summed E-state index contributed by atoms with van der Waals surface area (Å²) >= 11 is 3.46. The number of halogens is 1. The minimum Gasteiger partial charge on any atom is -0.383 e. The number of hydrogen-bond acceptors (Lipinski definition) is 4. The standard InChI is InChI=1S/C14H12BrN5/c1-20-8-7-17-14(20)13-18-11(10(15)12(16)19-13)9-5-3-2-4-6-9/h2-8H,1H3,(H2,16,18,19). The van der Waals surface area contributed by atoms with E-state index < -0.39 is 0 Å². The maximum Gasteiger partial charge on any atom is 0.198 e. The number of aryl methyl sites for hydroxylation is 1. The molecule has 2 aromatic heterocycles. The molecule has 3 aromatic rings. The quantitative estimate of drug-likeness (QED) is 0.784. The van der Waals surface area contributed by atoms with E-state index in [4.69, 9.17) is 5.73 Å². The molecule has 0 amide bonds. The molecule has 2 N–H and O–H groups in total. The molecule has 0 saturated heterocycles. The van der Waals surface area contributed by atoms with E-state index >= 15 is 0 Å². The predicted molar refractivity (Wildman–Crippen MR) is 81.8 cm³/mol. The van der Waals surface area contributed by atoms with E-state index in [0.29, 0.717) is 21.9 Å². The summed E-state index contributed by atoms with van der Waals surface area (Å²) in [6.45, 7) is 0. The van der Waals surface area contributed by atoms with Gasteiger partial charge in [0, 0.05) is 25.0 Å². The van der Waals surface area contributed by atoms with Gasteiger partial charge in [-0.2, -0.15) is 0 Å². The maximum absolute atomic E-state index is 5.98. The van der Waals surface area contributed by atoms with Crippen LogP contribution in [0.4, 0.5) is 5.82 Å². The van der Waals surface area contributed by atoms with Gasteiger partial charge in [-0.1, -0.05) is 30.3 Å². The SMILES string of the molecule is Cn1ccnc1-c1nc(N)c(Br)c(-c2ccccc2)n1. The molecule has 2 heterocycles. The molecule has 0 unspecified atom stereocenters. The van der Waals surface area contributed by atoms with Gasteiger partial charge in [0.05, 0.1) is 10.2 Å². The van der Waals surface area contributed by atoms with Gasteiger partial charge in [-0.05, 0) is 15.9 Å². The molecule has 6 heteroatoms. The van der Waals surface area contributed by atoms with Gasteiger partial charge >= 0.3 is 0 Å². The number of hydrogen-bond donors (Lipinski definition) is 1. The Labute approximate surface area is 124 Å². The molecule has 0 radical (unpaired) electrons. The average Bonchev–Trinajstić information content (AvgIpc) is 2.89. The topological polar surface area (TPSA) is 69.6 Å². The molecule has 20 heavy (non-hydrogen) atoms. The van der Waals surface area contributed by atoms with E-state index in [0.717, 1.165) is 11.3 Å². The van der Waals surface area contributed by atoms with Crippen LogP contribution in [0.5, 0.6) is 0 Å². The number of rotatable bonds is 2. The van der Waals surface area contributed by atoms with E-state index in [1.807, 2.05) is 48.1 Å². The van der Waals surface area contributed by atoms with Crippen LogP contribution in [-0.4, -0.2) is 19.5 Å². The van der Waals surface area contributed by atoms with Crippen molar-refractivity contribution in [3.8, 4) is 22.9 Å². The van der Waals surface area contributed by atoms with Crippen LogP contribution < -0.4 is 5.73 Å². The fourth-order valence-corrected chi connectivity index (χ4v) is 2.34. The van der Waals surface area contributed by atoms with Crippen molar-refractivity contribution >= 4 is 21.7 Å². The zero-order chi connectivity index (χ0) is 14.1. The first kappa shape index (κ1) is 12.8. The third-order valence-electron chi connectivity index (χ3n) is 2.95. The number of imidazole rings is 1. The molecular weight excluding hydrogens is 318 g/mol. The maximum atomic E-state index is 5.98. The third kappa shape index (κ3) is 2.18. The van der Waals surface area contributed by atoms with Crippen molar-refractivity contribution in [3.05, 3.63) is 47.2 Å². The first-order valence-electron chi connectivity index (χ1n) is 6.03. The van der Waals surface area contributed by atoms with E-state index in [1.165, 1.54) is 0 Å². The molecule has 0 atom stereocenters. The van der Waals surface area contributed by atoms with Crippen molar-refractivity contribution in [1.82, 2.24) is 19.5 Å². The van der Waals surface area contributed by atoms with Crippen LogP contribution in [0.25, 0.3) is 22.9 Å². The fraction of sp³-hybridized carbons (Fsp3) is 0.0714. The van der Waals surface area contributed by atoms with Crippen molar-refractivity contribution in [2.24, 2.45) is 7.05 Å². The summed E-state index contributed by atoms with van der Waals surface area (Å²) in [7, 11) is 1.89. The molecule has 1 aromatic carbocycles. The largest absolute Gasteiger partial charge is 0.383 e. The molecule has 0 aliphatic rings. The highest BCUT2D eigenvalue weighted by atomic mass is 79.9. The van der Waals surface area contributed by atoms with Gasteiger partial charge in [-0.3, -0.25) is 0 Å². The summed E-state index contributed by atoms with van der Waals surface area (Å²) in [5.74, 6) is 1.59. The summed E-state index contributed by atoms with van der Waals surface area (Å²) in [5, 5.41) is 0.